The van der Waals surface area contributed by atoms with Gasteiger partial charge in [-0.05, 0) is 36.2 Å². The SMILES string of the molecule is CCc1nn(C)c(CSC(C)(C)[C@@H](N)C(=O)O)c1Br. The summed E-state index contributed by atoms with van der Waals surface area (Å²) in [4.78, 5) is 11.0. The Morgan fingerprint density at radius 2 is 2.21 bits per heavy atom. The smallest absolute Gasteiger partial charge is 0.321 e. The minimum Gasteiger partial charge on any atom is -0.480 e. The van der Waals surface area contributed by atoms with E-state index in [1.165, 1.54) is 11.8 Å². The van der Waals surface area contributed by atoms with E-state index in [4.69, 9.17) is 10.8 Å². The van der Waals surface area contributed by atoms with Crippen LogP contribution in [0.2, 0.25) is 0 Å². The number of aliphatic carboxylic acids is 1. The van der Waals surface area contributed by atoms with Crippen LogP contribution >= 0.6 is 27.7 Å². The lowest BCUT2D eigenvalue weighted by molar-refractivity contribution is -0.139. The van der Waals surface area contributed by atoms with Crippen molar-refractivity contribution in [2.45, 2.75) is 43.7 Å². The van der Waals surface area contributed by atoms with Crippen molar-refractivity contribution < 1.29 is 9.90 Å². The van der Waals surface area contributed by atoms with Gasteiger partial charge in [-0.2, -0.15) is 5.10 Å². The van der Waals surface area contributed by atoms with Crippen LogP contribution in [0.15, 0.2) is 4.47 Å². The molecule has 108 valence electrons. The molecule has 7 heteroatoms. The van der Waals surface area contributed by atoms with Gasteiger partial charge < -0.3 is 10.8 Å². The fraction of sp³-hybridized carbons (Fsp3) is 0.667. The molecule has 0 aliphatic rings. The summed E-state index contributed by atoms with van der Waals surface area (Å²) in [5, 5.41) is 13.4. The molecule has 1 aromatic rings. The Labute approximate surface area is 126 Å². The number of hydrogen-bond donors (Lipinski definition) is 2. The minimum absolute atomic E-state index is 0.540. The van der Waals surface area contributed by atoms with Crippen LogP contribution in [-0.4, -0.2) is 31.6 Å². The van der Waals surface area contributed by atoms with Crippen LogP contribution < -0.4 is 5.73 Å². The van der Waals surface area contributed by atoms with Crippen LogP contribution in [-0.2, 0) is 24.0 Å². The number of aryl methyl sites for hydroxylation is 2. The summed E-state index contributed by atoms with van der Waals surface area (Å²) in [5.74, 6) is -0.311. The molecule has 0 fully saturated rings. The lowest BCUT2D eigenvalue weighted by atomic mass is 10.1. The number of carboxylic acids is 1. The molecule has 0 saturated heterocycles. The third-order valence-electron chi connectivity index (χ3n) is 3.10. The molecule has 19 heavy (non-hydrogen) atoms. The average molecular weight is 350 g/mol. The molecular weight excluding hydrogens is 330 g/mol. The van der Waals surface area contributed by atoms with Crippen molar-refractivity contribution in [2.75, 3.05) is 0 Å². The molecule has 1 aromatic heterocycles. The molecule has 0 spiro atoms. The van der Waals surface area contributed by atoms with Crippen molar-refractivity contribution in [1.82, 2.24) is 9.78 Å². The average Bonchev–Trinajstić information content (AvgIpc) is 2.60. The molecule has 5 nitrogen and oxygen atoms in total. The Bertz CT molecular complexity index is 474. The Kier molecular flexibility index (Phi) is 5.46. The molecule has 0 saturated carbocycles. The number of hydrogen-bond acceptors (Lipinski definition) is 4. The minimum atomic E-state index is -0.976. The maximum Gasteiger partial charge on any atom is 0.321 e. The largest absolute Gasteiger partial charge is 0.480 e. The number of rotatable bonds is 6. The molecule has 3 N–H and O–H groups in total. The first-order chi connectivity index (χ1) is 8.70. The predicted molar refractivity (Wildman–Crippen MR) is 81.3 cm³/mol. The maximum absolute atomic E-state index is 11.0. The first kappa shape index (κ1) is 16.5. The Balaban J connectivity index is 2.82. The van der Waals surface area contributed by atoms with Gasteiger partial charge in [0.1, 0.15) is 6.04 Å². The highest BCUT2D eigenvalue weighted by Crippen LogP contribution is 2.33. The normalized spacial score (nSPS) is 13.6. The fourth-order valence-corrected chi connectivity index (χ4v) is 3.68. The van der Waals surface area contributed by atoms with Crippen LogP contribution in [0.5, 0.6) is 0 Å². The van der Waals surface area contributed by atoms with Gasteiger partial charge in [0.15, 0.2) is 0 Å². The number of thioether (sulfide) groups is 1. The second kappa shape index (κ2) is 6.28. The number of carbonyl (C=O) groups is 1. The summed E-state index contributed by atoms with van der Waals surface area (Å²) >= 11 is 5.08. The molecular formula is C12H20BrN3O2S. The molecule has 1 rings (SSSR count). The summed E-state index contributed by atoms with van der Waals surface area (Å²) in [5.41, 5.74) is 7.77. The van der Waals surface area contributed by atoms with Gasteiger partial charge in [0.25, 0.3) is 0 Å². The highest BCUT2D eigenvalue weighted by Gasteiger charge is 2.33. The molecule has 1 atom stereocenters. The monoisotopic (exact) mass is 349 g/mol. The predicted octanol–water partition coefficient (Wildman–Crippen LogP) is 2.17. The number of aromatic nitrogens is 2. The van der Waals surface area contributed by atoms with Gasteiger partial charge in [-0.15, -0.1) is 11.8 Å². The first-order valence-electron chi connectivity index (χ1n) is 6.03. The van der Waals surface area contributed by atoms with E-state index in [-0.39, 0.29) is 0 Å². The molecule has 0 aromatic carbocycles. The van der Waals surface area contributed by atoms with E-state index < -0.39 is 16.8 Å². The highest BCUT2D eigenvalue weighted by atomic mass is 79.9. The lowest BCUT2D eigenvalue weighted by Gasteiger charge is -2.28. The molecule has 0 aliphatic heterocycles. The van der Waals surface area contributed by atoms with Crippen LogP contribution in [0.25, 0.3) is 0 Å². The topological polar surface area (TPSA) is 81.1 Å². The Morgan fingerprint density at radius 3 is 2.63 bits per heavy atom. The van der Waals surface area contributed by atoms with Crippen molar-refractivity contribution in [3.63, 3.8) is 0 Å². The lowest BCUT2D eigenvalue weighted by Crippen LogP contribution is -2.46. The van der Waals surface area contributed by atoms with E-state index in [0.29, 0.717) is 5.75 Å². The van der Waals surface area contributed by atoms with Gasteiger partial charge in [-0.3, -0.25) is 9.48 Å². The second-order valence-electron chi connectivity index (χ2n) is 4.89. The van der Waals surface area contributed by atoms with Gasteiger partial charge in [-0.25, -0.2) is 0 Å². The van der Waals surface area contributed by atoms with Crippen molar-refractivity contribution in [3.8, 4) is 0 Å². The van der Waals surface area contributed by atoms with Crippen LogP contribution in [0.1, 0.15) is 32.2 Å². The van der Waals surface area contributed by atoms with Crippen molar-refractivity contribution in [3.05, 3.63) is 15.9 Å². The molecule has 1 heterocycles. The third kappa shape index (κ3) is 3.73. The van der Waals surface area contributed by atoms with Crippen molar-refractivity contribution in [2.24, 2.45) is 12.8 Å². The van der Waals surface area contributed by atoms with E-state index in [1.54, 1.807) is 0 Å². The Morgan fingerprint density at radius 1 is 1.63 bits per heavy atom. The summed E-state index contributed by atoms with van der Waals surface area (Å²) in [6.07, 6.45) is 0.858. The second-order valence-corrected chi connectivity index (χ2v) is 7.32. The quantitative estimate of drug-likeness (QED) is 0.822. The molecule has 0 aliphatic carbocycles. The Hall–Kier alpha value is -0.530. The fourth-order valence-electron chi connectivity index (χ4n) is 1.62. The van der Waals surface area contributed by atoms with Crippen molar-refractivity contribution >= 4 is 33.7 Å². The zero-order valence-corrected chi connectivity index (χ0v) is 14.0. The first-order valence-corrected chi connectivity index (χ1v) is 7.81. The van der Waals surface area contributed by atoms with Gasteiger partial charge in [0, 0.05) is 17.5 Å². The number of nitrogens with zero attached hydrogens (tertiary/aromatic N) is 2. The standard InChI is InChI=1S/C12H20BrN3O2S/c1-5-7-9(13)8(16(4)15-7)6-19-12(2,3)10(14)11(17)18/h10H,5-6,14H2,1-4H3,(H,17,18)/t10-/m0/s1. The van der Waals surface area contributed by atoms with E-state index in [2.05, 4.69) is 21.0 Å². The number of carboxylic acid groups (broad SMARTS) is 1. The van der Waals surface area contributed by atoms with Crippen LogP contribution in [0.4, 0.5) is 0 Å². The highest BCUT2D eigenvalue weighted by molar-refractivity contribution is 9.10. The van der Waals surface area contributed by atoms with Gasteiger partial charge in [0.05, 0.1) is 15.9 Å². The number of halogens is 1. The van der Waals surface area contributed by atoms with E-state index in [9.17, 15) is 4.79 Å². The van der Waals surface area contributed by atoms with Gasteiger partial charge in [-0.1, -0.05) is 6.92 Å². The third-order valence-corrected chi connectivity index (χ3v) is 5.43. The zero-order chi connectivity index (χ0) is 14.8. The van der Waals surface area contributed by atoms with Crippen LogP contribution in [0, 0.1) is 0 Å². The van der Waals surface area contributed by atoms with E-state index in [1.807, 2.05) is 32.5 Å². The summed E-state index contributed by atoms with van der Waals surface area (Å²) in [6, 6.07) is -0.893. The molecule has 0 bridgehead atoms. The number of nitrogens with two attached hydrogens (primary N) is 1. The zero-order valence-electron chi connectivity index (χ0n) is 11.6. The van der Waals surface area contributed by atoms with Gasteiger partial charge >= 0.3 is 5.97 Å². The van der Waals surface area contributed by atoms with E-state index in [0.717, 1.165) is 22.3 Å². The van der Waals surface area contributed by atoms with Crippen molar-refractivity contribution in [1.29, 1.82) is 0 Å². The summed E-state index contributed by atoms with van der Waals surface area (Å²) in [7, 11) is 1.89. The molecule has 0 amide bonds. The molecule has 0 unspecified atom stereocenters. The van der Waals surface area contributed by atoms with Crippen LogP contribution in [0.3, 0.4) is 0 Å². The summed E-state index contributed by atoms with van der Waals surface area (Å²) in [6.45, 7) is 5.75. The maximum atomic E-state index is 11.0. The molecule has 0 radical (unpaired) electrons. The summed E-state index contributed by atoms with van der Waals surface area (Å²) < 4.78 is 2.30. The van der Waals surface area contributed by atoms with E-state index >= 15 is 0 Å². The van der Waals surface area contributed by atoms with Gasteiger partial charge in [0.2, 0.25) is 0 Å².